The lowest BCUT2D eigenvalue weighted by Gasteiger charge is -2.05. The van der Waals surface area contributed by atoms with Crippen LogP contribution in [0.2, 0.25) is 0 Å². The van der Waals surface area contributed by atoms with Gasteiger partial charge in [0.05, 0.1) is 23.8 Å². The van der Waals surface area contributed by atoms with Crippen LogP contribution < -0.4 is 16.6 Å². The van der Waals surface area contributed by atoms with Crippen LogP contribution >= 0.6 is 0 Å². The number of nitrogen functional groups attached to an aromatic ring is 1. The molecule has 0 spiro atoms. The molecule has 0 aliphatic carbocycles. The highest BCUT2D eigenvalue weighted by molar-refractivity contribution is 5.58. The number of hydrogen-bond donors (Lipinski definition) is 3. The molecular weight excluding hydrogens is 218 g/mol. The Kier molecular flexibility index (Phi) is 3.20. The molecule has 2 aromatic heterocycles. The smallest absolute Gasteiger partial charge is 0.160 e. The van der Waals surface area contributed by atoms with E-state index in [9.17, 15) is 0 Å². The van der Waals surface area contributed by atoms with Gasteiger partial charge in [0.2, 0.25) is 0 Å². The monoisotopic (exact) mass is 233 g/mol. The van der Waals surface area contributed by atoms with E-state index in [-0.39, 0.29) is 0 Å². The molecule has 0 radical (unpaired) electrons. The molecule has 2 rings (SSSR count). The summed E-state index contributed by atoms with van der Waals surface area (Å²) in [6, 6.07) is 0. The average molecular weight is 233 g/mol. The van der Waals surface area contributed by atoms with Gasteiger partial charge in [0.25, 0.3) is 0 Å². The van der Waals surface area contributed by atoms with Gasteiger partial charge in [-0.1, -0.05) is 6.92 Å². The lowest BCUT2D eigenvalue weighted by Crippen LogP contribution is -2.09. The molecule has 2 aromatic rings. The van der Waals surface area contributed by atoms with Crippen LogP contribution in [-0.4, -0.2) is 19.7 Å². The van der Waals surface area contributed by atoms with Crippen molar-refractivity contribution >= 4 is 17.3 Å². The summed E-state index contributed by atoms with van der Waals surface area (Å²) < 4.78 is 1.76. The second-order valence-electron chi connectivity index (χ2n) is 3.58. The highest BCUT2D eigenvalue weighted by Crippen LogP contribution is 2.18. The van der Waals surface area contributed by atoms with Crippen molar-refractivity contribution < 1.29 is 0 Å². The lowest BCUT2D eigenvalue weighted by molar-refractivity contribution is 0.746. The maximum Gasteiger partial charge on any atom is 0.160 e. The second kappa shape index (κ2) is 4.79. The summed E-state index contributed by atoms with van der Waals surface area (Å²) in [5.74, 6) is 6.41. The number of nitrogens with two attached hydrogens (primary N) is 1. The molecule has 0 aromatic carbocycles. The first-order valence-corrected chi connectivity index (χ1v) is 5.31. The summed E-state index contributed by atoms with van der Waals surface area (Å²) in [5.41, 5.74) is 4.37. The van der Waals surface area contributed by atoms with Gasteiger partial charge in [-0.15, -0.1) is 0 Å². The highest BCUT2D eigenvalue weighted by Gasteiger charge is 2.06. The fourth-order valence-electron chi connectivity index (χ4n) is 1.53. The van der Waals surface area contributed by atoms with Crippen molar-refractivity contribution in [2.75, 3.05) is 10.7 Å². The maximum absolute atomic E-state index is 5.28. The van der Waals surface area contributed by atoms with Crippen molar-refractivity contribution in [3.63, 3.8) is 0 Å². The normalized spacial score (nSPS) is 10.3. The van der Waals surface area contributed by atoms with Crippen LogP contribution in [0.1, 0.15) is 12.6 Å². The average Bonchev–Trinajstić information content (AvgIpc) is 2.69. The minimum Gasteiger partial charge on any atom is -0.336 e. The summed E-state index contributed by atoms with van der Waals surface area (Å²) in [4.78, 5) is 8.24. The van der Waals surface area contributed by atoms with E-state index >= 15 is 0 Å². The maximum atomic E-state index is 5.28. The van der Waals surface area contributed by atoms with Crippen LogP contribution in [0.5, 0.6) is 0 Å². The van der Waals surface area contributed by atoms with E-state index in [1.165, 1.54) is 0 Å². The fourth-order valence-corrected chi connectivity index (χ4v) is 1.53. The molecule has 2 heterocycles. The molecule has 0 aliphatic heterocycles. The van der Waals surface area contributed by atoms with E-state index in [1.807, 2.05) is 13.2 Å². The van der Waals surface area contributed by atoms with E-state index in [0.717, 1.165) is 17.8 Å². The van der Waals surface area contributed by atoms with Crippen LogP contribution in [0.4, 0.5) is 17.3 Å². The fraction of sp³-hybridized carbons (Fsp3) is 0.300. The summed E-state index contributed by atoms with van der Waals surface area (Å²) in [6.07, 6.45) is 5.94. The van der Waals surface area contributed by atoms with Crippen LogP contribution in [0.3, 0.4) is 0 Å². The molecule has 0 amide bonds. The van der Waals surface area contributed by atoms with E-state index in [2.05, 4.69) is 32.7 Å². The molecule has 0 bridgehead atoms. The number of aromatic nitrogens is 4. The molecule has 7 heteroatoms. The quantitative estimate of drug-likeness (QED) is 0.534. The van der Waals surface area contributed by atoms with Gasteiger partial charge < -0.3 is 10.7 Å². The predicted octanol–water partition coefficient (Wildman–Crippen LogP) is 0.802. The van der Waals surface area contributed by atoms with Gasteiger partial charge >= 0.3 is 0 Å². The Morgan fingerprint density at radius 2 is 2.12 bits per heavy atom. The zero-order valence-electron chi connectivity index (χ0n) is 9.81. The SMILES string of the molecule is CCc1nn(C)cc1Nc1cncc(NN)n1. The van der Waals surface area contributed by atoms with Gasteiger partial charge in [-0.2, -0.15) is 5.10 Å². The molecule has 0 fully saturated rings. The Bertz CT molecular complexity index is 505. The molecule has 0 unspecified atom stereocenters. The van der Waals surface area contributed by atoms with Crippen molar-refractivity contribution in [3.05, 3.63) is 24.3 Å². The summed E-state index contributed by atoms with van der Waals surface area (Å²) >= 11 is 0. The van der Waals surface area contributed by atoms with Crippen LogP contribution in [0.25, 0.3) is 0 Å². The van der Waals surface area contributed by atoms with E-state index in [4.69, 9.17) is 5.84 Å². The minimum atomic E-state index is 0.511. The van der Waals surface area contributed by atoms with Gasteiger partial charge in [0.15, 0.2) is 11.6 Å². The van der Waals surface area contributed by atoms with Gasteiger partial charge in [0, 0.05) is 13.2 Å². The van der Waals surface area contributed by atoms with Crippen LogP contribution in [0.15, 0.2) is 18.6 Å². The summed E-state index contributed by atoms with van der Waals surface area (Å²) in [6.45, 7) is 2.05. The molecule has 4 N–H and O–H groups in total. The Morgan fingerprint density at radius 3 is 2.82 bits per heavy atom. The van der Waals surface area contributed by atoms with Crippen LogP contribution in [0, 0.1) is 0 Å². The molecule has 7 nitrogen and oxygen atoms in total. The molecule has 90 valence electrons. The standard InChI is InChI=1S/C10H15N7/c1-3-7-8(6-17(2)16-7)13-9-4-12-5-10(14-9)15-11/h4-6H,3,11H2,1-2H3,(H2,13,14,15). The third-order valence-electron chi connectivity index (χ3n) is 2.29. The van der Waals surface area contributed by atoms with E-state index < -0.39 is 0 Å². The Labute approximate surface area is 99.0 Å². The molecule has 0 atom stereocenters. The summed E-state index contributed by atoms with van der Waals surface area (Å²) in [5, 5.41) is 7.50. The Balaban J connectivity index is 2.24. The number of aryl methyl sites for hydroxylation is 2. The van der Waals surface area contributed by atoms with Gasteiger partial charge in [-0.3, -0.25) is 9.67 Å². The van der Waals surface area contributed by atoms with Crippen molar-refractivity contribution in [1.82, 2.24) is 19.7 Å². The van der Waals surface area contributed by atoms with Gasteiger partial charge in [-0.05, 0) is 6.42 Å². The van der Waals surface area contributed by atoms with Crippen molar-refractivity contribution in [2.24, 2.45) is 12.9 Å². The third-order valence-corrected chi connectivity index (χ3v) is 2.29. The van der Waals surface area contributed by atoms with Crippen LogP contribution in [-0.2, 0) is 13.5 Å². The molecule has 0 aliphatic rings. The largest absolute Gasteiger partial charge is 0.336 e. The molecular formula is C10H15N7. The minimum absolute atomic E-state index is 0.511. The zero-order valence-corrected chi connectivity index (χ0v) is 9.81. The Morgan fingerprint density at radius 1 is 1.35 bits per heavy atom. The number of nitrogens with zero attached hydrogens (tertiary/aromatic N) is 4. The first kappa shape index (κ1) is 11.3. The van der Waals surface area contributed by atoms with Crippen molar-refractivity contribution in [3.8, 4) is 0 Å². The molecule has 0 saturated carbocycles. The lowest BCUT2D eigenvalue weighted by atomic mass is 10.3. The second-order valence-corrected chi connectivity index (χ2v) is 3.58. The number of anilines is 3. The van der Waals surface area contributed by atoms with Gasteiger partial charge in [-0.25, -0.2) is 10.8 Å². The van der Waals surface area contributed by atoms with Gasteiger partial charge in [0.1, 0.15) is 0 Å². The predicted molar refractivity (Wildman–Crippen MR) is 65.7 cm³/mol. The Hall–Kier alpha value is -2.15. The highest BCUT2D eigenvalue weighted by atomic mass is 15.3. The van der Waals surface area contributed by atoms with Crippen molar-refractivity contribution in [1.29, 1.82) is 0 Å². The van der Waals surface area contributed by atoms with E-state index in [1.54, 1.807) is 17.1 Å². The summed E-state index contributed by atoms with van der Waals surface area (Å²) in [7, 11) is 1.88. The first-order chi connectivity index (χ1) is 8.22. The first-order valence-electron chi connectivity index (χ1n) is 5.31. The van der Waals surface area contributed by atoms with E-state index in [0.29, 0.717) is 11.6 Å². The zero-order chi connectivity index (χ0) is 12.3. The number of hydrogen-bond acceptors (Lipinski definition) is 6. The van der Waals surface area contributed by atoms with Crippen molar-refractivity contribution in [2.45, 2.75) is 13.3 Å². The third kappa shape index (κ3) is 2.51. The number of rotatable bonds is 4. The molecule has 17 heavy (non-hydrogen) atoms. The topological polar surface area (TPSA) is 93.7 Å². The number of nitrogens with one attached hydrogen (secondary N) is 2. The number of hydrazine groups is 1. The molecule has 0 saturated heterocycles.